The quantitative estimate of drug-likeness (QED) is 0.311. The summed E-state index contributed by atoms with van der Waals surface area (Å²) in [4.78, 5) is 25.1. The van der Waals surface area contributed by atoms with Crippen LogP contribution >= 0.6 is 22.6 Å². The minimum Gasteiger partial charge on any atom is -0.475 e. The number of ketones is 1. The van der Waals surface area contributed by atoms with Crippen LogP contribution < -0.4 is 10.1 Å². The summed E-state index contributed by atoms with van der Waals surface area (Å²) in [5.41, 5.74) is 2.20. The number of ether oxygens (including phenoxy) is 2. The average Bonchev–Trinajstić information content (AvgIpc) is 2.65. The van der Waals surface area contributed by atoms with Crippen molar-refractivity contribution in [3.63, 3.8) is 0 Å². The first-order valence-electron chi connectivity index (χ1n) is 9.70. The molecule has 160 valence electrons. The fraction of sp³-hybridized carbons (Fsp3) is 0.391. The zero-order valence-corrected chi connectivity index (χ0v) is 19.7. The molecule has 7 heteroatoms. The number of rotatable bonds is 4. The highest BCUT2D eigenvalue weighted by Gasteiger charge is 2.38. The predicted octanol–water partition coefficient (Wildman–Crippen LogP) is 5.80. The topological polar surface area (TPSA) is 64.6 Å². The molecule has 1 heterocycles. The molecule has 3 unspecified atom stereocenters. The third kappa shape index (κ3) is 4.77. The molecule has 30 heavy (non-hydrogen) atoms. The number of hydrogen-bond donors (Lipinski definition) is 1. The second-order valence-corrected chi connectivity index (χ2v) is 9.61. The van der Waals surface area contributed by atoms with E-state index in [2.05, 4.69) is 5.32 Å². The molecule has 0 aliphatic carbocycles. The standard InChI is InChI=1S/C23H25FINO4/c1-12-10-15(20-16(11-12)19(27)18(24)21(25)29-20)13(2)26-17-9-7-6-8-14(17)22(28)30-23(3,4)5/h6-11,13,18,21,26H,1-5H3. The van der Waals surface area contributed by atoms with Gasteiger partial charge in [-0.3, -0.25) is 4.79 Å². The Bertz CT molecular complexity index is 986. The maximum atomic E-state index is 14.2. The molecular formula is C23H25FINO4. The predicted molar refractivity (Wildman–Crippen MR) is 122 cm³/mol. The Morgan fingerprint density at radius 1 is 1.27 bits per heavy atom. The molecule has 0 spiro atoms. The lowest BCUT2D eigenvalue weighted by atomic mass is 9.94. The molecule has 1 aliphatic rings. The molecule has 0 bridgehead atoms. The van der Waals surface area contributed by atoms with Crippen LogP contribution in [0.5, 0.6) is 5.75 Å². The van der Waals surface area contributed by atoms with E-state index in [9.17, 15) is 14.0 Å². The van der Waals surface area contributed by atoms with Crippen molar-refractivity contribution in [2.24, 2.45) is 0 Å². The van der Waals surface area contributed by atoms with Gasteiger partial charge in [0.05, 0.1) is 17.2 Å². The SMILES string of the molecule is Cc1cc2c(c(C(C)Nc3ccccc3C(=O)OC(C)(C)C)c1)OC(I)C(F)C2=O. The summed E-state index contributed by atoms with van der Waals surface area (Å²) >= 11 is 1.79. The molecule has 1 N–H and O–H groups in total. The van der Waals surface area contributed by atoms with E-state index < -0.39 is 27.6 Å². The van der Waals surface area contributed by atoms with Crippen LogP contribution in [0.25, 0.3) is 0 Å². The highest BCUT2D eigenvalue weighted by molar-refractivity contribution is 14.1. The number of hydrogen-bond acceptors (Lipinski definition) is 5. The molecule has 0 saturated heterocycles. The average molecular weight is 525 g/mol. The summed E-state index contributed by atoms with van der Waals surface area (Å²) < 4.78 is 24.6. The number of aryl methyl sites for hydroxylation is 1. The van der Waals surface area contributed by atoms with Crippen LogP contribution in [0.2, 0.25) is 0 Å². The molecule has 0 amide bonds. The zero-order valence-electron chi connectivity index (χ0n) is 17.6. The molecule has 5 nitrogen and oxygen atoms in total. The van der Waals surface area contributed by atoms with Gasteiger partial charge in [-0.15, -0.1) is 0 Å². The van der Waals surface area contributed by atoms with Crippen molar-refractivity contribution in [1.29, 1.82) is 0 Å². The first-order chi connectivity index (χ1) is 14.0. The first-order valence-corrected chi connectivity index (χ1v) is 10.9. The Balaban J connectivity index is 1.95. The number of carbonyl (C=O) groups excluding carboxylic acids is 2. The van der Waals surface area contributed by atoms with Crippen LogP contribution in [0.15, 0.2) is 36.4 Å². The van der Waals surface area contributed by atoms with Gasteiger partial charge < -0.3 is 14.8 Å². The number of para-hydroxylation sites is 1. The second kappa shape index (κ2) is 8.53. The lowest BCUT2D eigenvalue weighted by molar-refractivity contribution is 0.00705. The van der Waals surface area contributed by atoms with E-state index in [1.165, 1.54) is 0 Å². The van der Waals surface area contributed by atoms with Crippen molar-refractivity contribution < 1.29 is 23.5 Å². The summed E-state index contributed by atoms with van der Waals surface area (Å²) in [7, 11) is 0. The van der Waals surface area contributed by atoms with Gasteiger partial charge in [-0.1, -0.05) is 18.2 Å². The first kappa shape index (κ1) is 22.5. The zero-order chi connectivity index (χ0) is 22.2. The van der Waals surface area contributed by atoms with Crippen LogP contribution in [0.1, 0.15) is 65.6 Å². The molecule has 3 rings (SSSR count). The largest absolute Gasteiger partial charge is 0.475 e. The number of anilines is 1. The highest BCUT2D eigenvalue weighted by atomic mass is 127. The monoisotopic (exact) mass is 525 g/mol. The summed E-state index contributed by atoms with van der Waals surface area (Å²) in [6.07, 6.45) is -1.69. The number of alkyl halides is 2. The maximum absolute atomic E-state index is 14.2. The number of benzene rings is 2. The molecule has 1 aliphatic heterocycles. The van der Waals surface area contributed by atoms with Crippen LogP contribution in [0, 0.1) is 6.92 Å². The van der Waals surface area contributed by atoms with E-state index in [1.807, 2.05) is 46.8 Å². The summed E-state index contributed by atoms with van der Waals surface area (Å²) in [6.45, 7) is 9.20. The fourth-order valence-electron chi connectivity index (χ4n) is 3.31. The van der Waals surface area contributed by atoms with Gasteiger partial charge in [0.2, 0.25) is 12.0 Å². The molecule has 0 saturated carbocycles. The lowest BCUT2D eigenvalue weighted by Crippen LogP contribution is -2.36. The van der Waals surface area contributed by atoms with Crippen molar-refractivity contribution in [3.05, 3.63) is 58.7 Å². The van der Waals surface area contributed by atoms with Crippen LogP contribution in [-0.2, 0) is 4.74 Å². The number of fused-ring (bicyclic) bond motifs is 1. The Morgan fingerprint density at radius 3 is 2.60 bits per heavy atom. The van der Waals surface area contributed by atoms with E-state index in [0.717, 1.165) is 11.1 Å². The lowest BCUT2D eigenvalue weighted by Gasteiger charge is -2.29. The van der Waals surface area contributed by atoms with Crippen LogP contribution in [-0.4, -0.2) is 27.6 Å². The summed E-state index contributed by atoms with van der Waals surface area (Å²) in [5, 5.41) is 3.32. The van der Waals surface area contributed by atoms with E-state index >= 15 is 0 Å². The minimum absolute atomic E-state index is 0.250. The third-order valence-corrected chi connectivity index (χ3v) is 5.51. The smallest absolute Gasteiger partial charge is 0.340 e. The third-order valence-electron chi connectivity index (χ3n) is 4.62. The number of esters is 1. The number of Topliss-reactive ketones (excluding diaryl/α,β-unsaturated/α-hetero) is 1. The van der Waals surface area contributed by atoms with Gasteiger partial charge in [0.25, 0.3) is 0 Å². The normalized spacial score (nSPS) is 19.5. The van der Waals surface area contributed by atoms with E-state index in [1.54, 1.807) is 46.9 Å². The minimum atomic E-state index is -1.69. The Hall–Kier alpha value is -2.16. The van der Waals surface area contributed by atoms with E-state index in [-0.39, 0.29) is 11.6 Å². The van der Waals surface area contributed by atoms with Gasteiger partial charge in [0, 0.05) is 11.3 Å². The molecular weight excluding hydrogens is 500 g/mol. The van der Waals surface area contributed by atoms with Gasteiger partial charge in [0.1, 0.15) is 11.4 Å². The van der Waals surface area contributed by atoms with Crippen molar-refractivity contribution in [1.82, 2.24) is 0 Å². The van der Waals surface area contributed by atoms with Gasteiger partial charge in [-0.25, -0.2) is 9.18 Å². The molecule has 2 aromatic carbocycles. The number of halogens is 2. The Labute approximate surface area is 189 Å². The van der Waals surface area contributed by atoms with Crippen molar-refractivity contribution in [2.45, 2.75) is 56.5 Å². The molecule has 3 atom stereocenters. The van der Waals surface area contributed by atoms with Gasteiger partial charge >= 0.3 is 5.97 Å². The Morgan fingerprint density at radius 2 is 1.93 bits per heavy atom. The van der Waals surface area contributed by atoms with Crippen LogP contribution in [0.4, 0.5) is 10.1 Å². The van der Waals surface area contributed by atoms with Crippen molar-refractivity contribution in [3.8, 4) is 5.75 Å². The Kier molecular flexibility index (Phi) is 6.40. The van der Waals surface area contributed by atoms with Gasteiger partial charge in [-0.2, -0.15) is 0 Å². The van der Waals surface area contributed by atoms with Crippen LogP contribution in [0.3, 0.4) is 0 Å². The summed E-state index contributed by atoms with van der Waals surface area (Å²) in [6, 6.07) is 10.3. The molecule has 0 radical (unpaired) electrons. The molecule has 0 fully saturated rings. The van der Waals surface area contributed by atoms with Gasteiger partial charge in [-0.05, 0) is 81.0 Å². The van der Waals surface area contributed by atoms with E-state index in [0.29, 0.717) is 17.0 Å². The maximum Gasteiger partial charge on any atom is 0.340 e. The van der Waals surface area contributed by atoms with Crippen molar-refractivity contribution in [2.75, 3.05) is 5.32 Å². The van der Waals surface area contributed by atoms with E-state index in [4.69, 9.17) is 9.47 Å². The molecule has 2 aromatic rings. The van der Waals surface area contributed by atoms with Gasteiger partial charge in [0.15, 0.2) is 4.11 Å². The molecule has 0 aromatic heterocycles. The highest BCUT2D eigenvalue weighted by Crippen LogP contribution is 2.39. The summed E-state index contributed by atoms with van der Waals surface area (Å²) in [5.74, 6) is -0.612. The fourth-order valence-corrected chi connectivity index (χ4v) is 3.89. The number of carbonyl (C=O) groups is 2. The van der Waals surface area contributed by atoms with Crippen molar-refractivity contribution >= 4 is 40.0 Å². The number of nitrogens with one attached hydrogen (secondary N) is 1. The second-order valence-electron chi connectivity index (χ2n) is 8.38.